The van der Waals surface area contributed by atoms with E-state index in [4.69, 9.17) is 18.9 Å². The second-order valence-electron chi connectivity index (χ2n) is 16.4. The zero-order valence-electron chi connectivity index (χ0n) is 37.6. The van der Waals surface area contributed by atoms with Crippen LogP contribution >= 0.6 is 0 Å². The quantitative estimate of drug-likeness (QED) is 0.0627. The van der Waals surface area contributed by atoms with Gasteiger partial charge in [0.05, 0.1) is 13.1 Å². The fraction of sp³-hybridized carbons (Fsp3) is 0.360. The van der Waals surface area contributed by atoms with Gasteiger partial charge < -0.3 is 40.2 Å². The van der Waals surface area contributed by atoms with Crippen LogP contribution in [0.1, 0.15) is 75.6 Å². The molecular formula is C50H58N6O10. The Hall–Kier alpha value is -7.36. The van der Waals surface area contributed by atoms with Crippen LogP contribution < -0.4 is 21.3 Å². The first-order valence-corrected chi connectivity index (χ1v) is 22.3. The highest BCUT2D eigenvalue weighted by Crippen LogP contribution is 2.26. The van der Waals surface area contributed by atoms with Crippen LogP contribution in [-0.2, 0) is 41.8 Å². The molecule has 2 saturated heterocycles. The molecule has 2 unspecified atom stereocenters. The van der Waals surface area contributed by atoms with Crippen LogP contribution in [0.3, 0.4) is 0 Å². The number of benzene rings is 4. The highest BCUT2D eigenvalue weighted by Gasteiger charge is 2.44. The average molecular weight is 903 g/mol. The van der Waals surface area contributed by atoms with Gasteiger partial charge in [0.15, 0.2) is 0 Å². The lowest BCUT2D eigenvalue weighted by atomic mass is 10.1. The number of likely N-dealkylation sites (tertiary alicyclic amines) is 2. The minimum absolute atomic E-state index is 0.00228. The van der Waals surface area contributed by atoms with Gasteiger partial charge in [-0.1, -0.05) is 111 Å². The maximum atomic E-state index is 13.6. The second-order valence-corrected chi connectivity index (χ2v) is 16.4. The summed E-state index contributed by atoms with van der Waals surface area (Å²) in [6, 6.07) is 30.6. The molecule has 4 aromatic rings. The fourth-order valence-corrected chi connectivity index (χ4v) is 7.25. The molecule has 0 radical (unpaired) electrons. The first-order chi connectivity index (χ1) is 31.9. The van der Waals surface area contributed by atoms with E-state index in [2.05, 4.69) is 21.3 Å². The molecule has 0 spiro atoms. The lowest BCUT2D eigenvalue weighted by Gasteiger charge is -2.23. The zero-order chi connectivity index (χ0) is 47.0. The van der Waals surface area contributed by atoms with Gasteiger partial charge in [-0.3, -0.25) is 19.4 Å². The maximum absolute atomic E-state index is 13.6. The van der Waals surface area contributed by atoms with E-state index < -0.39 is 60.5 Å². The Bertz CT molecular complexity index is 2130. The van der Waals surface area contributed by atoms with E-state index in [0.29, 0.717) is 24.2 Å². The zero-order valence-corrected chi connectivity index (χ0v) is 37.6. The van der Waals surface area contributed by atoms with E-state index in [0.717, 1.165) is 22.3 Å². The van der Waals surface area contributed by atoms with Crippen LogP contribution in [0, 0.1) is 0 Å². The Morgan fingerprint density at radius 2 is 0.924 bits per heavy atom. The van der Waals surface area contributed by atoms with Crippen LogP contribution in [-0.4, -0.2) is 95.5 Å². The summed E-state index contributed by atoms with van der Waals surface area (Å²) in [5.74, 6) is -0.895. The SMILES string of the molecule is CCC(C)NC(=O)O[C@@H]1C[C@@H](C(=O)Nc2ccc(/C=C/c3ccc(NC(=O)[C@@H]4C[C@@H](OC(=O)NC(C)CC)CN4C(=O)OCc4ccccc4)cc3)cc2)N(C(=O)OCc2ccccc2)C1. The Kier molecular flexibility index (Phi) is 17.2. The van der Waals surface area contributed by atoms with E-state index in [-0.39, 0.29) is 51.2 Å². The standard InChI is InChI=1S/C50H58N6O10/c1-5-33(3)51-47(59)65-41-27-43(55(29-41)49(61)63-31-37-13-9-7-10-14-37)45(57)53-39-23-19-35(20-24-39)17-18-36-21-25-40(26-22-36)54-46(58)44-28-42(66-48(60)52-34(4)6-2)30-56(44)50(62)64-32-38-15-11-8-12-16-38/h7-26,33-34,41-44H,5-6,27-32H2,1-4H3,(H,51,59)(H,52,60)(H,53,57)(H,54,58)/b18-17+/t33?,34?,41-,42-,43+,44+/m1/s1. The smallest absolute Gasteiger partial charge is 0.410 e. The molecule has 4 aromatic carbocycles. The van der Waals surface area contributed by atoms with Crippen molar-refractivity contribution in [2.24, 2.45) is 0 Å². The molecule has 0 aliphatic carbocycles. The minimum atomic E-state index is -0.945. The van der Waals surface area contributed by atoms with Gasteiger partial charge in [0, 0.05) is 36.3 Å². The summed E-state index contributed by atoms with van der Waals surface area (Å²) in [6.45, 7) is 7.63. The van der Waals surface area contributed by atoms with E-state index in [1.165, 1.54) is 9.80 Å². The molecule has 0 aromatic heterocycles. The molecule has 2 heterocycles. The number of nitrogens with zero attached hydrogens (tertiary/aromatic N) is 2. The number of ether oxygens (including phenoxy) is 4. The van der Waals surface area contributed by atoms with Crippen LogP contribution in [0.15, 0.2) is 109 Å². The highest BCUT2D eigenvalue weighted by atomic mass is 16.6. The van der Waals surface area contributed by atoms with Gasteiger partial charge in [0.1, 0.15) is 37.5 Å². The second kappa shape index (κ2) is 23.5. The molecule has 6 atom stereocenters. The molecule has 16 heteroatoms. The van der Waals surface area contributed by atoms with Crippen LogP contribution in [0.25, 0.3) is 12.2 Å². The minimum Gasteiger partial charge on any atom is -0.445 e. The summed E-state index contributed by atoms with van der Waals surface area (Å²) in [5, 5.41) is 11.3. The number of alkyl carbamates (subject to hydrolysis) is 2. The van der Waals surface area contributed by atoms with Crippen LogP contribution in [0.2, 0.25) is 0 Å². The Labute approximate surface area is 385 Å². The number of hydrogen-bond acceptors (Lipinski definition) is 10. The number of rotatable bonds is 16. The van der Waals surface area contributed by atoms with Crippen molar-refractivity contribution in [3.63, 3.8) is 0 Å². The van der Waals surface area contributed by atoms with Crippen molar-refractivity contribution in [3.05, 3.63) is 131 Å². The lowest BCUT2D eigenvalue weighted by molar-refractivity contribution is -0.120. The van der Waals surface area contributed by atoms with Gasteiger partial charge in [0.2, 0.25) is 11.8 Å². The molecule has 4 N–H and O–H groups in total. The van der Waals surface area contributed by atoms with Crippen molar-refractivity contribution in [3.8, 4) is 0 Å². The Morgan fingerprint density at radius 1 is 0.561 bits per heavy atom. The molecule has 0 bridgehead atoms. The van der Waals surface area contributed by atoms with Crippen LogP contribution in [0.5, 0.6) is 0 Å². The molecule has 0 saturated carbocycles. The molecule has 2 fully saturated rings. The topological polar surface area (TPSA) is 194 Å². The third-order valence-electron chi connectivity index (χ3n) is 11.3. The lowest BCUT2D eigenvalue weighted by Crippen LogP contribution is -2.43. The largest absolute Gasteiger partial charge is 0.445 e. The molecule has 16 nitrogen and oxygen atoms in total. The Morgan fingerprint density at radius 3 is 1.27 bits per heavy atom. The first-order valence-electron chi connectivity index (χ1n) is 22.3. The number of hydrogen-bond donors (Lipinski definition) is 4. The number of anilines is 2. The van der Waals surface area contributed by atoms with Gasteiger partial charge in [0.25, 0.3) is 0 Å². The summed E-state index contributed by atoms with van der Waals surface area (Å²) in [4.78, 5) is 81.4. The highest BCUT2D eigenvalue weighted by molar-refractivity contribution is 5.98. The molecule has 66 heavy (non-hydrogen) atoms. The van der Waals surface area contributed by atoms with Gasteiger partial charge in [-0.25, -0.2) is 19.2 Å². The van der Waals surface area contributed by atoms with Crippen molar-refractivity contribution in [2.75, 3.05) is 23.7 Å². The summed E-state index contributed by atoms with van der Waals surface area (Å²) >= 11 is 0. The Balaban J connectivity index is 1.04. The van der Waals surface area contributed by atoms with Crippen LogP contribution in [0.4, 0.5) is 30.6 Å². The van der Waals surface area contributed by atoms with E-state index in [9.17, 15) is 28.8 Å². The van der Waals surface area contributed by atoms with Crippen molar-refractivity contribution in [1.82, 2.24) is 20.4 Å². The van der Waals surface area contributed by atoms with Gasteiger partial charge in [-0.05, 0) is 73.2 Å². The molecule has 6 amide bonds. The number of nitrogens with one attached hydrogen (secondary N) is 4. The predicted molar refractivity (Wildman–Crippen MR) is 249 cm³/mol. The summed E-state index contributed by atoms with van der Waals surface area (Å²) < 4.78 is 22.3. The van der Waals surface area contributed by atoms with Gasteiger partial charge >= 0.3 is 24.4 Å². The predicted octanol–water partition coefficient (Wildman–Crippen LogP) is 8.34. The van der Waals surface area contributed by atoms with E-state index in [1.807, 2.05) is 125 Å². The summed E-state index contributed by atoms with van der Waals surface area (Å²) in [6.07, 6.45) is 1.37. The molecule has 2 aliphatic heterocycles. The first kappa shape index (κ1) is 48.1. The number of amides is 6. The van der Waals surface area contributed by atoms with Crippen molar-refractivity contribution >= 4 is 59.7 Å². The average Bonchev–Trinajstić information content (AvgIpc) is 3.95. The maximum Gasteiger partial charge on any atom is 0.410 e. The third-order valence-corrected chi connectivity index (χ3v) is 11.3. The van der Waals surface area contributed by atoms with E-state index >= 15 is 0 Å². The van der Waals surface area contributed by atoms with Crippen molar-refractivity contribution in [2.45, 2.75) is 103 Å². The monoisotopic (exact) mass is 902 g/mol. The molecular weight excluding hydrogens is 845 g/mol. The molecule has 348 valence electrons. The molecule has 2 aliphatic rings. The third kappa shape index (κ3) is 14.1. The number of carbonyl (C=O) groups is 6. The number of carbonyl (C=O) groups excluding carboxylic acids is 6. The fourth-order valence-electron chi connectivity index (χ4n) is 7.25. The van der Waals surface area contributed by atoms with Crippen molar-refractivity contribution in [1.29, 1.82) is 0 Å². The van der Waals surface area contributed by atoms with Gasteiger partial charge in [-0.2, -0.15) is 0 Å². The summed E-state index contributed by atoms with van der Waals surface area (Å²) in [7, 11) is 0. The van der Waals surface area contributed by atoms with E-state index in [1.54, 1.807) is 24.3 Å². The molecule has 6 rings (SSSR count). The van der Waals surface area contributed by atoms with Gasteiger partial charge in [-0.15, -0.1) is 0 Å². The van der Waals surface area contributed by atoms with Crippen molar-refractivity contribution < 1.29 is 47.7 Å². The normalized spacial score (nSPS) is 18.7. The summed E-state index contributed by atoms with van der Waals surface area (Å²) in [5.41, 5.74) is 4.28.